The summed E-state index contributed by atoms with van der Waals surface area (Å²) < 4.78 is 5.31. The van der Waals surface area contributed by atoms with Crippen molar-refractivity contribution in [3.8, 4) is 0 Å². The van der Waals surface area contributed by atoms with E-state index in [2.05, 4.69) is 29.3 Å². The minimum absolute atomic E-state index is 0. The second kappa shape index (κ2) is 6.97. The lowest BCUT2D eigenvalue weighted by molar-refractivity contribution is 0.335. The smallest absolute Gasteiger partial charge is 0.243 e. The highest BCUT2D eigenvalue weighted by Crippen LogP contribution is 2.32. The first-order valence-corrected chi connectivity index (χ1v) is 6.38. The number of rotatable bonds is 5. The number of nitrogens with zero attached hydrogens (tertiary/aromatic N) is 2. The molecule has 5 heteroatoms. The summed E-state index contributed by atoms with van der Waals surface area (Å²) >= 11 is 0. The van der Waals surface area contributed by atoms with Gasteiger partial charge < -0.3 is 9.84 Å². The molecule has 1 N–H and O–H groups in total. The average molecular weight is 260 g/mol. The molecule has 0 amide bonds. The molecule has 0 aliphatic heterocycles. The van der Waals surface area contributed by atoms with E-state index in [-0.39, 0.29) is 18.4 Å². The largest absolute Gasteiger partial charge is 0.338 e. The maximum absolute atomic E-state index is 5.31. The molecule has 0 radical (unpaired) electrons. The Bertz CT molecular complexity index is 323. The van der Waals surface area contributed by atoms with Crippen LogP contribution in [0.2, 0.25) is 0 Å². The third-order valence-electron chi connectivity index (χ3n) is 3.25. The van der Waals surface area contributed by atoms with E-state index in [1.165, 1.54) is 25.7 Å². The van der Waals surface area contributed by atoms with Gasteiger partial charge in [0.2, 0.25) is 5.89 Å². The van der Waals surface area contributed by atoms with Gasteiger partial charge in [-0.15, -0.1) is 12.4 Å². The van der Waals surface area contributed by atoms with Crippen LogP contribution in [0.1, 0.15) is 69.6 Å². The Labute approximate surface area is 109 Å². The Morgan fingerprint density at radius 3 is 2.76 bits per heavy atom. The van der Waals surface area contributed by atoms with Gasteiger partial charge >= 0.3 is 0 Å². The molecule has 0 spiro atoms. The Balaban J connectivity index is 0.00000144. The number of nitrogens with one attached hydrogen (secondary N) is 1. The summed E-state index contributed by atoms with van der Waals surface area (Å²) in [5, 5.41) is 7.46. The molecule has 0 aromatic carbocycles. The van der Waals surface area contributed by atoms with Gasteiger partial charge in [-0.25, -0.2) is 0 Å². The van der Waals surface area contributed by atoms with E-state index in [0.717, 1.165) is 24.7 Å². The van der Waals surface area contributed by atoms with Crippen molar-refractivity contribution in [2.45, 2.75) is 57.9 Å². The molecular weight excluding hydrogens is 238 g/mol. The average Bonchev–Trinajstić information content (AvgIpc) is 2.94. The topological polar surface area (TPSA) is 51.0 Å². The molecule has 4 nitrogen and oxygen atoms in total. The highest BCUT2D eigenvalue weighted by atomic mass is 35.5. The van der Waals surface area contributed by atoms with Crippen LogP contribution in [0.3, 0.4) is 0 Å². The maximum atomic E-state index is 5.31. The van der Waals surface area contributed by atoms with Crippen LogP contribution in [-0.4, -0.2) is 16.7 Å². The Kier molecular flexibility index (Phi) is 5.92. The van der Waals surface area contributed by atoms with Crippen LogP contribution in [0, 0.1) is 0 Å². The van der Waals surface area contributed by atoms with E-state index in [9.17, 15) is 0 Å². The van der Waals surface area contributed by atoms with E-state index in [1.807, 2.05) is 0 Å². The summed E-state index contributed by atoms with van der Waals surface area (Å²) in [6.07, 6.45) is 6.16. The molecule has 2 rings (SSSR count). The van der Waals surface area contributed by atoms with Crippen LogP contribution >= 0.6 is 12.4 Å². The van der Waals surface area contributed by atoms with Gasteiger partial charge in [0.15, 0.2) is 5.82 Å². The third kappa shape index (κ3) is 3.68. The Morgan fingerprint density at radius 2 is 2.12 bits per heavy atom. The predicted molar refractivity (Wildman–Crippen MR) is 69.5 cm³/mol. The molecule has 98 valence electrons. The summed E-state index contributed by atoms with van der Waals surface area (Å²) in [4.78, 5) is 4.50. The second-order valence-electron chi connectivity index (χ2n) is 4.65. The molecule has 17 heavy (non-hydrogen) atoms. The first-order chi connectivity index (χ1) is 7.81. The molecule has 1 fully saturated rings. The molecular formula is C12H22ClN3O. The van der Waals surface area contributed by atoms with Crippen LogP contribution in [0.25, 0.3) is 0 Å². The first kappa shape index (κ1) is 14.5. The summed E-state index contributed by atoms with van der Waals surface area (Å²) in [6.45, 7) is 5.21. The Hall–Kier alpha value is -0.610. The molecule has 1 aliphatic carbocycles. The van der Waals surface area contributed by atoms with Gasteiger partial charge in [-0.2, -0.15) is 4.98 Å². The van der Waals surface area contributed by atoms with Crippen molar-refractivity contribution in [3.63, 3.8) is 0 Å². The van der Waals surface area contributed by atoms with E-state index >= 15 is 0 Å². The molecule has 1 saturated carbocycles. The van der Waals surface area contributed by atoms with Gasteiger partial charge in [0.1, 0.15) is 0 Å². The van der Waals surface area contributed by atoms with Gasteiger partial charge in [-0.3, -0.25) is 0 Å². The van der Waals surface area contributed by atoms with Gasteiger partial charge in [0, 0.05) is 5.92 Å². The molecule has 0 saturated heterocycles. The quantitative estimate of drug-likeness (QED) is 0.882. The van der Waals surface area contributed by atoms with Gasteiger partial charge in [0.25, 0.3) is 0 Å². The minimum atomic E-state index is 0. The zero-order valence-corrected chi connectivity index (χ0v) is 11.4. The zero-order valence-electron chi connectivity index (χ0n) is 10.6. The molecule has 1 unspecified atom stereocenters. The molecule has 1 aromatic heterocycles. The van der Waals surface area contributed by atoms with Gasteiger partial charge in [-0.1, -0.05) is 24.9 Å². The lowest BCUT2D eigenvalue weighted by Gasteiger charge is -2.07. The van der Waals surface area contributed by atoms with Crippen LogP contribution in [0.15, 0.2) is 4.52 Å². The highest BCUT2D eigenvalue weighted by molar-refractivity contribution is 5.85. The maximum Gasteiger partial charge on any atom is 0.243 e. The number of aromatic nitrogens is 2. The van der Waals surface area contributed by atoms with E-state index in [1.54, 1.807) is 0 Å². The van der Waals surface area contributed by atoms with Crippen molar-refractivity contribution in [2.75, 3.05) is 6.54 Å². The van der Waals surface area contributed by atoms with E-state index in [4.69, 9.17) is 4.52 Å². The molecule has 1 atom stereocenters. The molecule has 0 bridgehead atoms. The van der Waals surface area contributed by atoms with Gasteiger partial charge in [0.05, 0.1) is 6.04 Å². The summed E-state index contributed by atoms with van der Waals surface area (Å²) in [6, 6.07) is 0.169. The van der Waals surface area contributed by atoms with E-state index in [0.29, 0.717) is 5.92 Å². The lowest BCUT2D eigenvalue weighted by atomic mass is 10.1. The van der Waals surface area contributed by atoms with Crippen molar-refractivity contribution in [3.05, 3.63) is 11.7 Å². The number of hydrogen-bond donors (Lipinski definition) is 1. The molecule has 1 aliphatic rings. The van der Waals surface area contributed by atoms with Crippen molar-refractivity contribution in [1.29, 1.82) is 0 Å². The summed E-state index contributed by atoms with van der Waals surface area (Å²) in [7, 11) is 0. The van der Waals surface area contributed by atoms with Crippen LogP contribution in [0.4, 0.5) is 0 Å². The third-order valence-corrected chi connectivity index (χ3v) is 3.25. The SMILES string of the molecule is CCCNC(C)c1nc(C2CCCC2)no1.Cl. The Morgan fingerprint density at radius 1 is 1.41 bits per heavy atom. The fourth-order valence-corrected chi connectivity index (χ4v) is 2.22. The fraction of sp³-hybridized carbons (Fsp3) is 0.833. The minimum Gasteiger partial charge on any atom is -0.338 e. The van der Waals surface area contributed by atoms with Crippen molar-refractivity contribution >= 4 is 12.4 Å². The highest BCUT2D eigenvalue weighted by Gasteiger charge is 2.23. The van der Waals surface area contributed by atoms with Crippen molar-refractivity contribution in [1.82, 2.24) is 15.5 Å². The van der Waals surface area contributed by atoms with Gasteiger partial charge in [-0.05, 0) is 32.7 Å². The summed E-state index contributed by atoms with van der Waals surface area (Å²) in [5.74, 6) is 2.18. The predicted octanol–water partition coefficient (Wildman–Crippen LogP) is 3.21. The number of halogens is 1. The fourth-order valence-electron chi connectivity index (χ4n) is 2.22. The first-order valence-electron chi connectivity index (χ1n) is 6.38. The monoisotopic (exact) mass is 259 g/mol. The van der Waals surface area contributed by atoms with Crippen LogP contribution in [-0.2, 0) is 0 Å². The number of hydrogen-bond acceptors (Lipinski definition) is 4. The standard InChI is InChI=1S/C12H21N3O.ClH/c1-3-8-13-9(2)12-14-11(15-16-12)10-6-4-5-7-10;/h9-10,13H,3-8H2,1-2H3;1H. The van der Waals surface area contributed by atoms with E-state index < -0.39 is 0 Å². The van der Waals surface area contributed by atoms with Crippen LogP contribution < -0.4 is 5.32 Å². The summed E-state index contributed by atoms with van der Waals surface area (Å²) in [5.41, 5.74) is 0. The molecule has 1 aromatic rings. The van der Waals surface area contributed by atoms with Crippen LogP contribution in [0.5, 0.6) is 0 Å². The van der Waals surface area contributed by atoms with Crippen molar-refractivity contribution < 1.29 is 4.52 Å². The second-order valence-corrected chi connectivity index (χ2v) is 4.65. The van der Waals surface area contributed by atoms with Crippen molar-refractivity contribution in [2.24, 2.45) is 0 Å². The normalized spacial score (nSPS) is 18.0. The molecule has 1 heterocycles. The lowest BCUT2D eigenvalue weighted by Crippen LogP contribution is -2.19. The zero-order chi connectivity index (χ0) is 11.4.